The highest BCUT2D eigenvalue weighted by Gasteiger charge is 2.07. The van der Waals surface area contributed by atoms with Crippen molar-refractivity contribution in [3.63, 3.8) is 0 Å². The van der Waals surface area contributed by atoms with E-state index in [1.807, 2.05) is 17.1 Å². The van der Waals surface area contributed by atoms with Crippen LogP contribution in [-0.4, -0.2) is 30.4 Å². The minimum absolute atomic E-state index is 0.465. The molecule has 0 aliphatic carbocycles. The highest BCUT2D eigenvalue weighted by atomic mass is 15.3. The number of nitrogens with one attached hydrogen (secondary N) is 1. The van der Waals surface area contributed by atoms with E-state index in [4.69, 9.17) is 0 Å². The lowest BCUT2D eigenvalue weighted by Gasteiger charge is -2.11. The summed E-state index contributed by atoms with van der Waals surface area (Å²) in [6.07, 6.45) is 5.49. The number of aryl methyl sites for hydroxylation is 1. The summed E-state index contributed by atoms with van der Waals surface area (Å²) in [6.45, 7) is 8.77. The highest BCUT2D eigenvalue weighted by Crippen LogP contribution is 2.04. The first-order chi connectivity index (χ1) is 8.70. The molecule has 2 heterocycles. The van der Waals surface area contributed by atoms with Crippen LogP contribution in [0.3, 0.4) is 0 Å². The van der Waals surface area contributed by atoms with E-state index in [0.29, 0.717) is 12.6 Å². The Bertz CT molecular complexity index is 484. The van der Waals surface area contributed by atoms with Gasteiger partial charge in [-0.05, 0) is 6.92 Å². The van der Waals surface area contributed by atoms with E-state index in [1.54, 1.807) is 6.33 Å². The Labute approximate surface area is 107 Å². The molecule has 6 heteroatoms. The molecule has 18 heavy (non-hydrogen) atoms. The van der Waals surface area contributed by atoms with Gasteiger partial charge in [-0.15, -0.1) is 10.2 Å². The fraction of sp³-hybridized carbons (Fsp3) is 0.583. The maximum atomic E-state index is 4.20. The van der Waals surface area contributed by atoms with Gasteiger partial charge in [0.1, 0.15) is 6.33 Å². The van der Waals surface area contributed by atoms with Crippen molar-refractivity contribution in [1.82, 2.24) is 29.6 Å². The monoisotopic (exact) mass is 248 g/mol. The van der Waals surface area contributed by atoms with Crippen molar-refractivity contribution >= 4 is 0 Å². The predicted molar refractivity (Wildman–Crippen MR) is 69.0 cm³/mol. The van der Waals surface area contributed by atoms with Crippen LogP contribution in [0.1, 0.15) is 32.3 Å². The second kappa shape index (κ2) is 5.77. The number of imidazole rings is 1. The molecular formula is C12H20N6. The van der Waals surface area contributed by atoms with Gasteiger partial charge in [-0.1, -0.05) is 13.8 Å². The van der Waals surface area contributed by atoms with Crippen molar-refractivity contribution in [1.29, 1.82) is 0 Å². The Kier molecular flexibility index (Phi) is 4.09. The van der Waals surface area contributed by atoms with E-state index in [-0.39, 0.29) is 0 Å². The zero-order chi connectivity index (χ0) is 13.0. The molecule has 0 bridgehead atoms. The number of hydrogen-bond donors (Lipinski definition) is 1. The van der Waals surface area contributed by atoms with Crippen LogP contribution in [0, 0.1) is 0 Å². The van der Waals surface area contributed by atoms with Gasteiger partial charge in [0.25, 0.3) is 0 Å². The molecule has 0 aliphatic heterocycles. The normalized spacial score (nSPS) is 11.3. The lowest BCUT2D eigenvalue weighted by atomic mass is 10.3. The Morgan fingerprint density at radius 2 is 2.11 bits per heavy atom. The molecule has 2 aromatic rings. The summed E-state index contributed by atoms with van der Waals surface area (Å²) in [7, 11) is 0. The number of nitrogens with zero attached hydrogens (tertiary/aromatic N) is 5. The van der Waals surface area contributed by atoms with E-state index in [2.05, 4.69) is 45.8 Å². The molecule has 2 aromatic heterocycles. The standard InChI is InChI=1S/C12H20N6/c1-4-17-9-15-16-12(17)7-18-8-13-5-11(18)6-14-10(2)3/h5,8-10,14H,4,6-7H2,1-3H3. The van der Waals surface area contributed by atoms with Gasteiger partial charge >= 0.3 is 0 Å². The van der Waals surface area contributed by atoms with Crippen molar-refractivity contribution in [3.05, 3.63) is 30.4 Å². The number of rotatable bonds is 6. The first-order valence-electron chi connectivity index (χ1n) is 6.29. The van der Waals surface area contributed by atoms with Crippen LogP contribution < -0.4 is 5.32 Å². The molecule has 0 saturated heterocycles. The quantitative estimate of drug-likeness (QED) is 0.830. The summed E-state index contributed by atoms with van der Waals surface area (Å²) in [6, 6.07) is 0.465. The smallest absolute Gasteiger partial charge is 0.152 e. The van der Waals surface area contributed by atoms with E-state index >= 15 is 0 Å². The molecular weight excluding hydrogens is 228 g/mol. The van der Waals surface area contributed by atoms with Gasteiger partial charge in [0.2, 0.25) is 0 Å². The largest absolute Gasteiger partial charge is 0.326 e. The molecule has 0 amide bonds. The molecule has 6 nitrogen and oxygen atoms in total. The molecule has 0 atom stereocenters. The van der Waals surface area contributed by atoms with Crippen molar-refractivity contribution in [2.75, 3.05) is 0 Å². The molecule has 0 unspecified atom stereocenters. The van der Waals surface area contributed by atoms with Gasteiger partial charge in [-0.25, -0.2) is 4.98 Å². The Morgan fingerprint density at radius 3 is 2.83 bits per heavy atom. The third-order valence-electron chi connectivity index (χ3n) is 2.84. The van der Waals surface area contributed by atoms with E-state index in [0.717, 1.165) is 24.6 Å². The molecule has 0 fully saturated rings. The molecule has 0 saturated carbocycles. The SMILES string of the molecule is CCn1cnnc1Cn1cncc1CNC(C)C. The molecule has 0 spiro atoms. The minimum Gasteiger partial charge on any atom is -0.326 e. The molecule has 98 valence electrons. The molecule has 0 aliphatic rings. The van der Waals surface area contributed by atoms with Crippen LogP contribution in [-0.2, 0) is 19.6 Å². The Hall–Kier alpha value is -1.69. The zero-order valence-corrected chi connectivity index (χ0v) is 11.2. The third-order valence-corrected chi connectivity index (χ3v) is 2.84. The fourth-order valence-electron chi connectivity index (χ4n) is 1.76. The zero-order valence-electron chi connectivity index (χ0n) is 11.2. The summed E-state index contributed by atoms with van der Waals surface area (Å²) < 4.78 is 4.14. The topological polar surface area (TPSA) is 60.6 Å². The van der Waals surface area contributed by atoms with Crippen LogP contribution in [0.15, 0.2) is 18.9 Å². The first-order valence-corrected chi connectivity index (χ1v) is 6.29. The van der Waals surface area contributed by atoms with Crippen LogP contribution in [0.4, 0.5) is 0 Å². The second-order valence-corrected chi connectivity index (χ2v) is 4.58. The fourth-order valence-corrected chi connectivity index (χ4v) is 1.76. The Balaban J connectivity index is 2.07. The maximum Gasteiger partial charge on any atom is 0.152 e. The van der Waals surface area contributed by atoms with Crippen LogP contribution in [0.5, 0.6) is 0 Å². The van der Waals surface area contributed by atoms with Crippen LogP contribution in [0.25, 0.3) is 0 Å². The average Bonchev–Trinajstić information content (AvgIpc) is 2.96. The van der Waals surface area contributed by atoms with Gasteiger partial charge < -0.3 is 14.5 Å². The van der Waals surface area contributed by atoms with Crippen molar-refractivity contribution in [2.45, 2.75) is 46.4 Å². The third kappa shape index (κ3) is 2.95. The summed E-state index contributed by atoms with van der Waals surface area (Å²) in [4.78, 5) is 4.20. The van der Waals surface area contributed by atoms with Gasteiger partial charge in [0, 0.05) is 25.3 Å². The minimum atomic E-state index is 0.465. The number of hydrogen-bond acceptors (Lipinski definition) is 4. The van der Waals surface area contributed by atoms with Crippen LogP contribution in [0.2, 0.25) is 0 Å². The van der Waals surface area contributed by atoms with Crippen LogP contribution >= 0.6 is 0 Å². The van der Waals surface area contributed by atoms with E-state index < -0.39 is 0 Å². The van der Waals surface area contributed by atoms with Crippen molar-refractivity contribution in [3.8, 4) is 0 Å². The second-order valence-electron chi connectivity index (χ2n) is 4.58. The molecule has 2 rings (SSSR count). The lowest BCUT2D eigenvalue weighted by molar-refractivity contribution is 0.556. The van der Waals surface area contributed by atoms with Gasteiger partial charge in [-0.2, -0.15) is 0 Å². The lowest BCUT2D eigenvalue weighted by Crippen LogP contribution is -2.23. The highest BCUT2D eigenvalue weighted by molar-refractivity contribution is 5.01. The van der Waals surface area contributed by atoms with E-state index in [9.17, 15) is 0 Å². The van der Waals surface area contributed by atoms with Crippen molar-refractivity contribution < 1.29 is 0 Å². The summed E-state index contributed by atoms with van der Waals surface area (Å²) in [5.41, 5.74) is 1.16. The molecule has 1 N–H and O–H groups in total. The summed E-state index contributed by atoms with van der Waals surface area (Å²) in [5, 5.41) is 11.5. The van der Waals surface area contributed by atoms with E-state index in [1.165, 1.54) is 0 Å². The average molecular weight is 248 g/mol. The maximum absolute atomic E-state index is 4.20. The molecule has 0 aromatic carbocycles. The summed E-state index contributed by atoms with van der Waals surface area (Å²) >= 11 is 0. The summed E-state index contributed by atoms with van der Waals surface area (Å²) in [5.74, 6) is 0.960. The van der Waals surface area contributed by atoms with Gasteiger partial charge in [0.05, 0.1) is 18.6 Å². The van der Waals surface area contributed by atoms with Crippen molar-refractivity contribution in [2.24, 2.45) is 0 Å². The Morgan fingerprint density at radius 1 is 1.28 bits per heavy atom. The number of aromatic nitrogens is 5. The molecule has 0 radical (unpaired) electrons. The van der Waals surface area contributed by atoms with Gasteiger partial charge in [-0.3, -0.25) is 0 Å². The first kappa shape index (κ1) is 12.8. The predicted octanol–water partition coefficient (Wildman–Crippen LogP) is 1.04. The van der Waals surface area contributed by atoms with Gasteiger partial charge in [0.15, 0.2) is 5.82 Å².